The molecule has 0 saturated carbocycles. The van der Waals surface area contributed by atoms with Crippen LogP contribution < -0.4 is 10.6 Å². The summed E-state index contributed by atoms with van der Waals surface area (Å²) in [4.78, 5) is 13.2. The molecule has 0 bridgehead atoms. The Hall–Kier alpha value is -0.610. The van der Waals surface area contributed by atoms with Gasteiger partial charge in [-0.15, -0.1) is 0 Å². The van der Waals surface area contributed by atoms with Crippen LogP contribution in [0.15, 0.2) is 0 Å². The molecule has 0 spiro atoms. The van der Waals surface area contributed by atoms with E-state index in [1.165, 1.54) is 0 Å². The van der Waals surface area contributed by atoms with Crippen LogP contribution in [0.4, 0.5) is 0 Å². The van der Waals surface area contributed by atoms with E-state index >= 15 is 0 Å². The second-order valence-electron chi connectivity index (χ2n) is 3.61. The van der Waals surface area contributed by atoms with Crippen LogP contribution in [-0.4, -0.2) is 50.1 Å². The number of nitrogens with zero attached hydrogens (tertiary/aromatic N) is 1. The topological polar surface area (TPSA) is 44.4 Å². The standard InChI is InChI=1S/C8H15N3O/c12-8-6-11(2-1-10-8)5-7-3-9-4-7/h7,9H,1-6H2,(H,10,12). The Morgan fingerprint density at radius 1 is 1.50 bits per heavy atom. The highest BCUT2D eigenvalue weighted by molar-refractivity contribution is 5.78. The van der Waals surface area contributed by atoms with Gasteiger partial charge < -0.3 is 10.6 Å². The zero-order valence-corrected chi connectivity index (χ0v) is 7.18. The predicted octanol–water partition coefficient (Wildman–Crippen LogP) is -1.36. The smallest absolute Gasteiger partial charge is 0.234 e. The third-order valence-corrected chi connectivity index (χ3v) is 2.50. The summed E-state index contributed by atoms with van der Waals surface area (Å²) in [6.07, 6.45) is 0. The molecular formula is C8H15N3O. The first-order chi connectivity index (χ1) is 5.84. The van der Waals surface area contributed by atoms with E-state index in [0.717, 1.165) is 38.6 Å². The van der Waals surface area contributed by atoms with Gasteiger partial charge in [0.2, 0.25) is 5.91 Å². The van der Waals surface area contributed by atoms with Crippen molar-refractivity contribution in [3.8, 4) is 0 Å². The van der Waals surface area contributed by atoms with E-state index in [-0.39, 0.29) is 5.91 Å². The molecule has 12 heavy (non-hydrogen) atoms. The maximum Gasteiger partial charge on any atom is 0.234 e. The minimum atomic E-state index is 0.175. The van der Waals surface area contributed by atoms with Crippen LogP contribution in [0.1, 0.15) is 0 Å². The molecule has 2 heterocycles. The summed E-state index contributed by atoms with van der Waals surface area (Å²) in [5.41, 5.74) is 0. The van der Waals surface area contributed by atoms with E-state index in [2.05, 4.69) is 15.5 Å². The van der Waals surface area contributed by atoms with Gasteiger partial charge in [-0.1, -0.05) is 0 Å². The number of nitrogens with one attached hydrogen (secondary N) is 2. The van der Waals surface area contributed by atoms with Crippen molar-refractivity contribution in [2.24, 2.45) is 5.92 Å². The SMILES string of the molecule is O=C1CN(CC2CNC2)CCN1. The van der Waals surface area contributed by atoms with Crippen molar-refractivity contribution in [1.82, 2.24) is 15.5 Å². The van der Waals surface area contributed by atoms with Gasteiger partial charge in [0.1, 0.15) is 0 Å². The maximum absolute atomic E-state index is 11.0. The van der Waals surface area contributed by atoms with Gasteiger partial charge >= 0.3 is 0 Å². The molecule has 1 amide bonds. The van der Waals surface area contributed by atoms with Gasteiger partial charge in [-0.3, -0.25) is 9.69 Å². The number of carbonyl (C=O) groups excluding carboxylic acids is 1. The fourth-order valence-corrected chi connectivity index (χ4v) is 1.69. The number of hydrogen-bond acceptors (Lipinski definition) is 3. The highest BCUT2D eigenvalue weighted by Gasteiger charge is 2.23. The van der Waals surface area contributed by atoms with Crippen molar-refractivity contribution < 1.29 is 4.79 Å². The average Bonchev–Trinajstić information content (AvgIpc) is 1.97. The molecule has 4 nitrogen and oxygen atoms in total. The first kappa shape index (κ1) is 8.01. The number of piperazine rings is 1. The van der Waals surface area contributed by atoms with E-state index in [1.807, 2.05) is 0 Å². The Labute approximate surface area is 72.3 Å². The second kappa shape index (κ2) is 3.41. The molecule has 0 radical (unpaired) electrons. The normalized spacial score (nSPS) is 26.5. The summed E-state index contributed by atoms with van der Waals surface area (Å²) in [6.45, 7) is 5.76. The van der Waals surface area contributed by atoms with Crippen molar-refractivity contribution in [2.75, 3.05) is 39.3 Å². The minimum absolute atomic E-state index is 0.175. The Morgan fingerprint density at radius 2 is 2.33 bits per heavy atom. The Kier molecular flexibility index (Phi) is 2.28. The number of hydrogen-bond donors (Lipinski definition) is 2. The van der Waals surface area contributed by atoms with Crippen LogP contribution in [0.2, 0.25) is 0 Å². The number of amides is 1. The summed E-state index contributed by atoms with van der Waals surface area (Å²) in [7, 11) is 0. The van der Waals surface area contributed by atoms with E-state index in [9.17, 15) is 4.79 Å². The van der Waals surface area contributed by atoms with Gasteiger partial charge in [0.05, 0.1) is 6.54 Å². The quantitative estimate of drug-likeness (QED) is 0.536. The number of rotatable bonds is 2. The van der Waals surface area contributed by atoms with Gasteiger partial charge in [-0.25, -0.2) is 0 Å². The molecule has 68 valence electrons. The summed E-state index contributed by atoms with van der Waals surface area (Å²) in [6, 6.07) is 0. The lowest BCUT2D eigenvalue weighted by molar-refractivity contribution is -0.124. The maximum atomic E-state index is 11.0. The van der Waals surface area contributed by atoms with E-state index in [0.29, 0.717) is 6.54 Å². The largest absolute Gasteiger partial charge is 0.354 e. The molecule has 4 heteroatoms. The van der Waals surface area contributed by atoms with Gasteiger partial charge in [-0.2, -0.15) is 0 Å². The lowest BCUT2D eigenvalue weighted by atomic mass is 10.0. The molecule has 2 rings (SSSR count). The number of carbonyl (C=O) groups is 1. The average molecular weight is 169 g/mol. The summed E-state index contributed by atoms with van der Waals surface area (Å²) in [5.74, 6) is 0.949. The van der Waals surface area contributed by atoms with Gasteiger partial charge in [-0.05, 0) is 5.92 Å². The summed E-state index contributed by atoms with van der Waals surface area (Å²) in [5, 5.41) is 6.06. The van der Waals surface area contributed by atoms with Crippen LogP contribution in [-0.2, 0) is 4.79 Å². The van der Waals surface area contributed by atoms with Crippen LogP contribution >= 0.6 is 0 Å². The summed E-state index contributed by atoms with van der Waals surface area (Å²) >= 11 is 0. The zero-order chi connectivity index (χ0) is 8.39. The van der Waals surface area contributed by atoms with Gasteiger partial charge in [0.15, 0.2) is 0 Å². The van der Waals surface area contributed by atoms with Crippen molar-refractivity contribution in [3.05, 3.63) is 0 Å². The third-order valence-electron chi connectivity index (χ3n) is 2.50. The Balaban J connectivity index is 1.74. The molecular weight excluding hydrogens is 154 g/mol. The monoisotopic (exact) mass is 169 g/mol. The molecule has 0 aromatic carbocycles. The highest BCUT2D eigenvalue weighted by atomic mass is 16.2. The van der Waals surface area contributed by atoms with Crippen molar-refractivity contribution in [2.45, 2.75) is 0 Å². The molecule has 2 saturated heterocycles. The van der Waals surface area contributed by atoms with E-state index in [1.54, 1.807) is 0 Å². The molecule has 2 aliphatic rings. The minimum Gasteiger partial charge on any atom is -0.354 e. The molecule has 2 aliphatic heterocycles. The molecule has 2 N–H and O–H groups in total. The molecule has 0 unspecified atom stereocenters. The van der Waals surface area contributed by atoms with Crippen LogP contribution in [0.5, 0.6) is 0 Å². The lowest BCUT2D eigenvalue weighted by Crippen LogP contribution is -2.54. The molecule has 0 aliphatic carbocycles. The van der Waals surface area contributed by atoms with Gasteiger partial charge in [0.25, 0.3) is 0 Å². The van der Waals surface area contributed by atoms with Crippen molar-refractivity contribution in [3.63, 3.8) is 0 Å². The van der Waals surface area contributed by atoms with Gasteiger partial charge in [0, 0.05) is 32.7 Å². The second-order valence-corrected chi connectivity index (χ2v) is 3.61. The molecule has 0 aromatic rings. The van der Waals surface area contributed by atoms with Crippen molar-refractivity contribution in [1.29, 1.82) is 0 Å². The van der Waals surface area contributed by atoms with Crippen LogP contribution in [0, 0.1) is 5.92 Å². The predicted molar refractivity (Wildman–Crippen MR) is 45.8 cm³/mol. The highest BCUT2D eigenvalue weighted by Crippen LogP contribution is 2.06. The third kappa shape index (κ3) is 1.76. The van der Waals surface area contributed by atoms with Crippen LogP contribution in [0.25, 0.3) is 0 Å². The molecule has 2 fully saturated rings. The van der Waals surface area contributed by atoms with Crippen molar-refractivity contribution >= 4 is 5.91 Å². The fourth-order valence-electron chi connectivity index (χ4n) is 1.69. The van der Waals surface area contributed by atoms with E-state index in [4.69, 9.17) is 0 Å². The lowest BCUT2D eigenvalue weighted by Gasteiger charge is -2.34. The zero-order valence-electron chi connectivity index (χ0n) is 7.18. The Bertz CT molecular complexity index is 179. The Morgan fingerprint density at radius 3 is 2.92 bits per heavy atom. The van der Waals surface area contributed by atoms with E-state index < -0.39 is 0 Å². The van der Waals surface area contributed by atoms with Crippen LogP contribution in [0.3, 0.4) is 0 Å². The summed E-state index contributed by atoms with van der Waals surface area (Å²) < 4.78 is 0. The fraction of sp³-hybridized carbons (Fsp3) is 0.875. The molecule has 0 aromatic heterocycles. The first-order valence-corrected chi connectivity index (χ1v) is 4.54. The first-order valence-electron chi connectivity index (χ1n) is 4.54. The molecule has 0 atom stereocenters.